The molecule has 0 atom stereocenters. The summed E-state index contributed by atoms with van der Waals surface area (Å²) in [4.78, 5) is 30.2. The van der Waals surface area contributed by atoms with E-state index in [1.54, 1.807) is 11.5 Å². The molecule has 4 N–H and O–H groups in total. The number of unbranched alkanes of at least 4 members (excludes halogenated alkanes) is 2. The van der Waals surface area contributed by atoms with E-state index in [1.165, 1.54) is 5.56 Å². The van der Waals surface area contributed by atoms with Gasteiger partial charge in [0.25, 0.3) is 5.56 Å². The standard InChI is InChI=1S/C20H22N4O3/c25-18(24-27)9-3-1-2-6-14-10-12-15(13-11-14)21-20-22-17-8-5-4-7-16(17)19(26)23-20/h4-5,7-8,10-13,27H,1-3,6,9H2,(H,24,25)(H2,21,22,23,26). The number of nitrogens with one attached hydrogen (secondary N) is 3. The molecule has 0 unspecified atom stereocenters. The van der Waals surface area contributed by atoms with E-state index in [9.17, 15) is 9.59 Å². The Hall–Kier alpha value is -3.19. The third-order valence-corrected chi connectivity index (χ3v) is 4.32. The number of amides is 1. The van der Waals surface area contributed by atoms with Gasteiger partial charge < -0.3 is 5.32 Å². The molecule has 2 aromatic carbocycles. The van der Waals surface area contributed by atoms with Gasteiger partial charge in [0.15, 0.2) is 0 Å². The van der Waals surface area contributed by atoms with E-state index in [4.69, 9.17) is 5.21 Å². The molecule has 7 nitrogen and oxygen atoms in total. The summed E-state index contributed by atoms with van der Waals surface area (Å²) in [7, 11) is 0. The minimum atomic E-state index is -0.342. The molecule has 0 fully saturated rings. The maximum absolute atomic E-state index is 12.1. The molecule has 140 valence electrons. The van der Waals surface area contributed by atoms with Gasteiger partial charge in [0.2, 0.25) is 11.9 Å². The number of rotatable bonds is 8. The molecule has 0 spiro atoms. The number of carbonyl (C=O) groups excluding carboxylic acids is 1. The molecule has 0 bridgehead atoms. The summed E-state index contributed by atoms with van der Waals surface area (Å²) in [6.45, 7) is 0. The van der Waals surface area contributed by atoms with Gasteiger partial charge in [-0.3, -0.25) is 19.8 Å². The minimum Gasteiger partial charge on any atom is -0.326 e. The molecule has 1 heterocycles. The summed E-state index contributed by atoms with van der Waals surface area (Å²) in [5.74, 6) is 0.0689. The average molecular weight is 366 g/mol. The first-order chi connectivity index (χ1) is 13.2. The maximum Gasteiger partial charge on any atom is 0.260 e. The Labute approximate surface area is 156 Å². The number of H-pyrrole nitrogens is 1. The second-order valence-corrected chi connectivity index (χ2v) is 6.35. The van der Waals surface area contributed by atoms with Crippen molar-refractivity contribution in [3.8, 4) is 0 Å². The molecule has 27 heavy (non-hydrogen) atoms. The number of hydrogen-bond donors (Lipinski definition) is 4. The fourth-order valence-corrected chi connectivity index (χ4v) is 2.88. The monoisotopic (exact) mass is 366 g/mol. The van der Waals surface area contributed by atoms with Crippen molar-refractivity contribution in [1.29, 1.82) is 0 Å². The zero-order valence-corrected chi connectivity index (χ0v) is 14.9. The molecular formula is C20H22N4O3. The zero-order valence-electron chi connectivity index (χ0n) is 14.9. The van der Waals surface area contributed by atoms with Gasteiger partial charge in [0.1, 0.15) is 0 Å². The van der Waals surface area contributed by atoms with Crippen LogP contribution in [0.1, 0.15) is 31.2 Å². The number of para-hydroxylation sites is 1. The number of fused-ring (bicyclic) bond motifs is 1. The van der Waals surface area contributed by atoms with E-state index in [0.29, 0.717) is 23.3 Å². The number of anilines is 2. The lowest BCUT2D eigenvalue weighted by atomic mass is 10.1. The van der Waals surface area contributed by atoms with Crippen LogP contribution in [-0.2, 0) is 11.2 Å². The Balaban J connectivity index is 1.55. The Morgan fingerprint density at radius 2 is 1.81 bits per heavy atom. The van der Waals surface area contributed by atoms with Crippen molar-refractivity contribution in [2.75, 3.05) is 5.32 Å². The van der Waals surface area contributed by atoms with Crippen LogP contribution in [0.2, 0.25) is 0 Å². The van der Waals surface area contributed by atoms with Crippen molar-refractivity contribution in [3.63, 3.8) is 0 Å². The van der Waals surface area contributed by atoms with Gasteiger partial charge in [-0.25, -0.2) is 10.5 Å². The summed E-state index contributed by atoms with van der Waals surface area (Å²) in [6, 6.07) is 15.2. The van der Waals surface area contributed by atoms with Crippen LogP contribution < -0.4 is 16.4 Å². The first-order valence-electron chi connectivity index (χ1n) is 8.93. The lowest BCUT2D eigenvalue weighted by Crippen LogP contribution is -2.17. The number of hydrogen-bond acceptors (Lipinski definition) is 5. The van der Waals surface area contributed by atoms with Gasteiger partial charge in [-0.15, -0.1) is 0 Å². The number of hydroxylamine groups is 1. The van der Waals surface area contributed by atoms with Crippen LogP contribution in [0.4, 0.5) is 11.6 Å². The summed E-state index contributed by atoms with van der Waals surface area (Å²) in [5, 5.41) is 12.1. The van der Waals surface area contributed by atoms with Gasteiger partial charge in [0, 0.05) is 12.1 Å². The summed E-state index contributed by atoms with van der Waals surface area (Å²) < 4.78 is 0. The lowest BCUT2D eigenvalue weighted by molar-refractivity contribution is -0.129. The molecule has 7 heteroatoms. The van der Waals surface area contributed by atoms with Crippen LogP contribution >= 0.6 is 0 Å². The van der Waals surface area contributed by atoms with E-state index in [2.05, 4.69) is 15.3 Å². The van der Waals surface area contributed by atoms with Gasteiger partial charge in [-0.2, -0.15) is 0 Å². The molecule has 3 aromatic rings. The van der Waals surface area contributed by atoms with Crippen molar-refractivity contribution < 1.29 is 10.0 Å². The van der Waals surface area contributed by atoms with Gasteiger partial charge in [-0.1, -0.05) is 30.7 Å². The van der Waals surface area contributed by atoms with Gasteiger partial charge >= 0.3 is 0 Å². The van der Waals surface area contributed by atoms with Crippen LogP contribution in [0.25, 0.3) is 10.9 Å². The summed E-state index contributed by atoms with van der Waals surface area (Å²) in [5.41, 5.74) is 4.16. The second kappa shape index (κ2) is 8.95. The average Bonchev–Trinajstić information content (AvgIpc) is 2.69. The van der Waals surface area contributed by atoms with Crippen LogP contribution in [0.3, 0.4) is 0 Å². The van der Waals surface area contributed by atoms with Crippen molar-refractivity contribution in [1.82, 2.24) is 15.4 Å². The first kappa shape index (κ1) is 18.6. The summed E-state index contributed by atoms with van der Waals surface area (Å²) in [6.07, 6.45) is 3.93. The van der Waals surface area contributed by atoms with Crippen molar-refractivity contribution >= 4 is 28.4 Å². The Morgan fingerprint density at radius 3 is 2.59 bits per heavy atom. The van der Waals surface area contributed by atoms with Crippen molar-refractivity contribution in [2.24, 2.45) is 0 Å². The van der Waals surface area contributed by atoms with Gasteiger partial charge in [0.05, 0.1) is 10.9 Å². The lowest BCUT2D eigenvalue weighted by Gasteiger charge is -2.08. The predicted octanol–water partition coefficient (Wildman–Crippen LogP) is 3.28. The molecule has 0 saturated heterocycles. The van der Waals surface area contributed by atoms with E-state index >= 15 is 0 Å². The highest BCUT2D eigenvalue weighted by molar-refractivity contribution is 5.78. The van der Waals surface area contributed by atoms with Crippen molar-refractivity contribution in [2.45, 2.75) is 32.1 Å². The second-order valence-electron chi connectivity index (χ2n) is 6.35. The molecule has 0 saturated carbocycles. The van der Waals surface area contributed by atoms with E-state index < -0.39 is 0 Å². The topological polar surface area (TPSA) is 107 Å². The number of aryl methyl sites for hydroxylation is 1. The third-order valence-electron chi connectivity index (χ3n) is 4.32. The molecule has 1 aromatic heterocycles. The Morgan fingerprint density at radius 1 is 1.04 bits per heavy atom. The number of carbonyl (C=O) groups is 1. The normalized spacial score (nSPS) is 10.7. The molecule has 3 rings (SSSR count). The van der Waals surface area contributed by atoms with E-state index in [1.807, 2.05) is 42.5 Å². The molecule has 0 aliphatic carbocycles. The number of aromatic amines is 1. The highest BCUT2D eigenvalue weighted by Gasteiger charge is 2.04. The van der Waals surface area contributed by atoms with Gasteiger partial charge in [-0.05, 0) is 49.1 Å². The fraction of sp³-hybridized carbons (Fsp3) is 0.250. The maximum atomic E-state index is 12.1. The molecular weight excluding hydrogens is 344 g/mol. The highest BCUT2D eigenvalue weighted by atomic mass is 16.5. The number of nitrogens with zero attached hydrogens (tertiary/aromatic N) is 1. The minimum absolute atomic E-state index is 0.172. The molecule has 0 radical (unpaired) electrons. The largest absolute Gasteiger partial charge is 0.326 e. The van der Waals surface area contributed by atoms with E-state index in [0.717, 1.165) is 31.4 Å². The van der Waals surface area contributed by atoms with Crippen LogP contribution in [0.15, 0.2) is 53.3 Å². The number of aromatic nitrogens is 2. The van der Waals surface area contributed by atoms with E-state index in [-0.39, 0.29) is 11.5 Å². The zero-order chi connectivity index (χ0) is 19.1. The SMILES string of the molecule is O=C(CCCCCc1ccc(Nc2nc3ccccc3c(=O)[nH]2)cc1)NO. The number of benzene rings is 2. The quantitative estimate of drug-likeness (QED) is 0.278. The Kier molecular flexibility index (Phi) is 6.17. The Bertz CT molecular complexity index is 967. The van der Waals surface area contributed by atoms with Crippen LogP contribution in [0.5, 0.6) is 0 Å². The smallest absolute Gasteiger partial charge is 0.260 e. The molecule has 1 amide bonds. The third kappa shape index (κ3) is 5.15. The van der Waals surface area contributed by atoms with Crippen LogP contribution in [0, 0.1) is 0 Å². The van der Waals surface area contributed by atoms with Crippen molar-refractivity contribution in [3.05, 3.63) is 64.4 Å². The summed E-state index contributed by atoms with van der Waals surface area (Å²) >= 11 is 0. The fourth-order valence-electron chi connectivity index (χ4n) is 2.88. The predicted molar refractivity (Wildman–Crippen MR) is 104 cm³/mol. The first-order valence-corrected chi connectivity index (χ1v) is 8.93. The van der Waals surface area contributed by atoms with Crippen LogP contribution in [-0.4, -0.2) is 21.1 Å². The molecule has 0 aliphatic rings. The molecule has 0 aliphatic heterocycles. The highest BCUT2D eigenvalue weighted by Crippen LogP contribution is 2.16.